The first kappa shape index (κ1) is 16.7. The van der Waals surface area contributed by atoms with E-state index in [-0.39, 0.29) is 24.8 Å². The maximum atomic E-state index is 13.1. The van der Waals surface area contributed by atoms with Crippen LogP contribution in [-0.4, -0.2) is 55.3 Å². The van der Waals surface area contributed by atoms with Crippen molar-refractivity contribution in [3.63, 3.8) is 0 Å². The molecule has 1 spiro atoms. The number of fused-ring (bicyclic) bond motifs is 1. The highest BCUT2D eigenvalue weighted by Gasteiger charge is 2.46. The highest BCUT2D eigenvalue weighted by molar-refractivity contribution is 6.01. The highest BCUT2D eigenvalue weighted by atomic mass is 16.8. The minimum atomic E-state index is -0.644. The third-order valence-electron chi connectivity index (χ3n) is 5.34. The maximum Gasteiger partial charge on any atom is 0.509 e. The van der Waals surface area contributed by atoms with Gasteiger partial charge in [-0.15, -0.1) is 0 Å². The summed E-state index contributed by atoms with van der Waals surface area (Å²) in [6.07, 6.45) is 0.538. The van der Waals surface area contributed by atoms with Crippen LogP contribution < -0.4 is 10.1 Å². The van der Waals surface area contributed by atoms with E-state index in [2.05, 4.69) is 5.32 Å². The monoisotopic (exact) mass is 360 g/mol. The number of ether oxygens (including phenoxy) is 3. The van der Waals surface area contributed by atoms with Crippen LogP contribution in [0.2, 0.25) is 0 Å². The van der Waals surface area contributed by atoms with Crippen molar-refractivity contribution in [3.8, 4) is 5.75 Å². The van der Waals surface area contributed by atoms with E-state index in [1.807, 2.05) is 0 Å². The van der Waals surface area contributed by atoms with Crippen molar-refractivity contribution >= 4 is 23.7 Å². The lowest BCUT2D eigenvalue weighted by Crippen LogP contribution is -2.49. The van der Waals surface area contributed by atoms with E-state index in [0.29, 0.717) is 37.4 Å². The molecule has 1 N–H and O–H groups in total. The molecule has 0 bridgehead atoms. The number of nitrogens with one attached hydrogen (secondary N) is 1. The molecule has 0 saturated carbocycles. The predicted octanol–water partition coefficient (Wildman–Crippen LogP) is 1.65. The number of carbonyl (C=O) groups is 3. The smallest absolute Gasteiger partial charge is 0.497 e. The summed E-state index contributed by atoms with van der Waals surface area (Å²) in [7, 11) is 1.56. The van der Waals surface area contributed by atoms with Crippen LogP contribution in [0.25, 0.3) is 0 Å². The molecule has 2 fully saturated rings. The molecular weight excluding hydrogens is 340 g/mol. The second-order valence-electron chi connectivity index (χ2n) is 6.91. The number of likely N-dealkylation sites (tertiary alicyclic amines) is 1. The summed E-state index contributed by atoms with van der Waals surface area (Å²) in [4.78, 5) is 38.1. The number of hydrogen-bond donors (Lipinski definition) is 1. The van der Waals surface area contributed by atoms with E-state index in [0.717, 1.165) is 5.56 Å². The fourth-order valence-corrected chi connectivity index (χ4v) is 3.81. The zero-order valence-electron chi connectivity index (χ0n) is 14.4. The summed E-state index contributed by atoms with van der Waals surface area (Å²) in [6, 6.07) is 5.31. The van der Waals surface area contributed by atoms with Crippen molar-refractivity contribution < 1.29 is 28.6 Å². The van der Waals surface area contributed by atoms with Crippen LogP contribution in [0.3, 0.4) is 0 Å². The number of hydrogen-bond acceptors (Lipinski definition) is 6. The van der Waals surface area contributed by atoms with Crippen LogP contribution in [0.5, 0.6) is 5.75 Å². The number of rotatable bonds is 2. The molecular formula is C18H20N2O6. The highest BCUT2D eigenvalue weighted by Crippen LogP contribution is 2.38. The lowest BCUT2D eigenvalue weighted by atomic mass is 9.87. The van der Waals surface area contributed by atoms with Gasteiger partial charge in [0.25, 0.3) is 0 Å². The Kier molecular flexibility index (Phi) is 3.97. The van der Waals surface area contributed by atoms with E-state index in [1.165, 1.54) is 0 Å². The Morgan fingerprint density at radius 2 is 2.08 bits per heavy atom. The van der Waals surface area contributed by atoms with E-state index >= 15 is 0 Å². The van der Waals surface area contributed by atoms with Crippen LogP contribution in [0.4, 0.5) is 10.5 Å². The molecule has 1 aromatic rings. The molecule has 3 aliphatic rings. The summed E-state index contributed by atoms with van der Waals surface area (Å²) in [5.74, 6) is -0.155. The molecule has 26 heavy (non-hydrogen) atoms. The summed E-state index contributed by atoms with van der Waals surface area (Å²) >= 11 is 0. The Morgan fingerprint density at radius 1 is 1.31 bits per heavy atom. The quantitative estimate of drug-likeness (QED) is 0.806. The van der Waals surface area contributed by atoms with Crippen molar-refractivity contribution in [2.45, 2.75) is 30.8 Å². The molecule has 4 rings (SSSR count). The number of anilines is 1. The molecule has 138 valence electrons. The van der Waals surface area contributed by atoms with Crippen LogP contribution in [0.1, 0.15) is 30.7 Å². The van der Waals surface area contributed by atoms with E-state index in [4.69, 9.17) is 14.2 Å². The normalized spacial score (nSPS) is 23.7. The minimum absolute atomic E-state index is 0.0885. The average molecular weight is 360 g/mol. The molecule has 3 heterocycles. The molecule has 8 nitrogen and oxygen atoms in total. The SMILES string of the molecule is COc1ccc2c(c1)[C@H](C(=O)N1CCC3(CC1)COC(=O)O3)CC(=O)N2. The van der Waals surface area contributed by atoms with E-state index in [9.17, 15) is 14.4 Å². The molecule has 3 aliphatic heterocycles. The first-order chi connectivity index (χ1) is 12.5. The zero-order valence-corrected chi connectivity index (χ0v) is 14.4. The lowest BCUT2D eigenvalue weighted by molar-refractivity contribution is -0.138. The van der Waals surface area contributed by atoms with Crippen LogP contribution in [0, 0.1) is 0 Å². The second-order valence-corrected chi connectivity index (χ2v) is 6.91. The van der Waals surface area contributed by atoms with E-state index < -0.39 is 17.7 Å². The zero-order chi connectivity index (χ0) is 18.3. The summed E-state index contributed by atoms with van der Waals surface area (Å²) in [5.41, 5.74) is 0.802. The van der Waals surface area contributed by atoms with Gasteiger partial charge in [0.15, 0.2) is 5.60 Å². The largest absolute Gasteiger partial charge is 0.509 e. The van der Waals surface area contributed by atoms with Gasteiger partial charge >= 0.3 is 6.16 Å². The van der Waals surface area contributed by atoms with Gasteiger partial charge in [-0.1, -0.05) is 0 Å². The molecule has 8 heteroatoms. The molecule has 0 aliphatic carbocycles. The average Bonchev–Trinajstić information content (AvgIpc) is 3.01. The van der Waals surface area contributed by atoms with Gasteiger partial charge in [0.2, 0.25) is 11.8 Å². The first-order valence-corrected chi connectivity index (χ1v) is 8.62. The summed E-state index contributed by atoms with van der Waals surface area (Å²) < 4.78 is 15.5. The number of carbonyl (C=O) groups excluding carboxylic acids is 3. The van der Waals surface area contributed by atoms with E-state index in [1.54, 1.807) is 30.2 Å². The fraction of sp³-hybridized carbons (Fsp3) is 0.500. The Hall–Kier alpha value is -2.77. The van der Waals surface area contributed by atoms with Gasteiger partial charge in [-0.2, -0.15) is 0 Å². The van der Waals surface area contributed by atoms with Gasteiger partial charge in [0.05, 0.1) is 13.0 Å². The molecule has 0 radical (unpaired) electrons. The van der Waals surface area contributed by atoms with Gasteiger partial charge < -0.3 is 24.4 Å². The lowest BCUT2D eigenvalue weighted by Gasteiger charge is -2.38. The minimum Gasteiger partial charge on any atom is -0.497 e. The Labute approximate surface area is 150 Å². The topological polar surface area (TPSA) is 94.2 Å². The van der Waals surface area contributed by atoms with Crippen LogP contribution in [-0.2, 0) is 19.1 Å². The number of methoxy groups -OCH3 is 1. The molecule has 0 unspecified atom stereocenters. The van der Waals surface area contributed by atoms with Crippen molar-refractivity contribution in [3.05, 3.63) is 23.8 Å². The molecule has 1 aromatic carbocycles. The Bertz CT molecular complexity index is 769. The van der Waals surface area contributed by atoms with Gasteiger partial charge in [-0.05, 0) is 23.8 Å². The van der Waals surface area contributed by atoms with Crippen molar-refractivity contribution in [2.75, 3.05) is 32.1 Å². The third-order valence-corrected chi connectivity index (χ3v) is 5.34. The Morgan fingerprint density at radius 3 is 2.73 bits per heavy atom. The molecule has 2 amide bonds. The van der Waals surface area contributed by atoms with Gasteiger partial charge in [-0.25, -0.2) is 4.79 Å². The van der Waals surface area contributed by atoms with Crippen molar-refractivity contribution in [1.82, 2.24) is 4.90 Å². The van der Waals surface area contributed by atoms with Crippen molar-refractivity contribution in [2.24, 2.45) is 0 Å². The molecule has 1 atom stereocenters. The van der Waals surface area contributed by atoms with Gasteiger partial charge in [0, 0.05) is 38.0 Å². The number of amides is 2. The fourth-order valence-electron chi connectivity index (χ4n) is 3.81. The standard InChI is InChI=1S/C18H20N2O6/c1-24-11-2-3-14-12(8-11)13(9-15(21)19-14)16(22)20-6-4-18(5-7-20)10-25-17(23)26-18/h2-3,8,13H,4-7,9-10H2,1H3,(H,19,21)/t13-/m1/s1. The summed E-state index contributed by atoms with van der Waals surface area (Å²) in [5, 5.41) is 2.80. The van der Waals surface area contributed by atoms with Gasteiger partial charge in [0.1, 0.15) is 12.4 Å². The van der Waals surface area contributed by atoms with Crippen LogP contribution in [0.15, 0.2) is 18.2 Å². The van der Waals surface area contributed by atoms with Crippen LogP contribution >= 0.6 is 0 Å². The molecule has 2 saturated heterocycles. The number of benzene rings is 1. The Balaban J connectivity index is 1.52. The number of nitrogens with zero attached hydrogens (tertiary/aromatic N) is 1. The number of cyclic esters (lactones) is 1. The van der Waals surface area contributed by atoms with Gasteiger partial charge in [-0.3, -0.25) is 9.59 Å². The second kappa shape index (κ2) is 6.19. The summed E-state index contributed by atoms with van der Waals surface area (Å²) in [6.45, 7) is 1.17. The first-order valence-electron chi connectivity index (χ1n) is 8.62. The van der Waals surface area contributed by atoms with Crippen molar-refractivity contribution in [1.29, 1.82) is 0 Å². The molecule has 0 aromatic heterocycles. The third kappa shape index (κ3) is 2.85. The maximum absolute atomic E-state index is 13.1. The number of piperidine rings is 1. The predicted molar refractivity (Wildman–Crippen MR) is 90.0 cm³/mol.